The molecule has 1 heterocycles. The van der Waals surface area contributed by atoms with E-state index in [4.69, 9.17) is 5.11 Å². The number of benzene rings is 1. The molecule has 4 nitrogen and oxygen atoms in total. The van der Waals surface area contributed by atoms with Crippen LogP contribution in [0.25, 0.3) is 0 Å². The number of amides is 1. The monoisotopic (exact) mass is 318 g/mol. The Hall–Kier alpha value is -1.39. The average molecular weight is 318 g/mol. The Bertz CT molecular complexity index is 476. The zero-order chi connectivity index (χ0) is 16.7. The first-order valence-corrected chi connectivity index (χ1v) is 8.77. The van der Waals surface area contributed by atoms with Crippen LogP contribution >= 0.6 is 0 Å². The van der Waals surface area contributed by atoms with Gasteiger partial charge in [-0.2, -0.15) is 0 Å². The SMILES string of the molecule is CC(C)C(=O)N1CC(CCCO)CC(NCc2ccccc2)C1. The second-order valence-electron chi connectivity index (χ2n) is 6.93. The first-order chi connectivity index (χ1) is 11.1. The van der Waals surface area contributed by atoms with E-state index in [2.05, 4.69) is 29.6 Å². The van der Waals surface area contributed by atoms with Gasteiger partial charge in [0, 0.05) is 38.2 Å². The molecule has 2 atom stereocenters. The summed E-state index contributed by atoms with van der Waals surface area (Å²) in [4.78, 5) is 14.4. The van der Waals surface area contributed by atoms with Crippen molar-refractivity contribution in [2.75, 3.05) is 19.7 Å². The van der Waals surface area contributed by atoms with Gasteiger partial charge in [0.05, 0.1) is 0 Å². The molecule has 2 rings (SSSR count). The molecule has 1 fully saturated rings. The van der Waals surface area contributed by atoms with Crippen molar-refractivity contribution in [1.82, 2.24) is 10.2 Å². The maximum Gasteiger partial charge on any atom is 0.225 e. The molecule has 1 amide bonds. The van der Waals surface area contributed by atoms with Crippen molar-refractivity contribution in [3.05, 3.63) is 35.9 Å². The predicted molar refractivity (Wildman–Crippen MR) is 92.9 cm³/mol. The van der Waals surface area contributed by atoms with Crippen LogP contribution in [-0.4, -0.2) is 41.7 Å². The normalized spacial score (nSPS) is 21.7. The molecule has 0 spiro atoms. The Labute approximate surface area is 139 Å². The van der Waals surface area contributed by atoms with E-state index >= 15 is 0 Å². The topological polar surface area (TPSA) is 52.6 Å². The lowest BCUT2D eigenvalue weighted by atomic mass is 9.89. The van der Waals surface area contributed by atoms with Crippen LogP contribution in [0.3, 0.4) is 0 Å². The molecule has 0 aromatic heterocycles. The van der Waals surface area contributed by atoms with Crippen molar-refractivity contribution in [2.24, 2.45) is 11.8 Å². The van der Waals surface area contributed by atoms with Crippen molar-refractivity contribution in [2.45, 2.75) is 45.7 Å². The molecule has 4 heteroatoms. The Morgan fingerprint density at radius 2 is 2.04 bits per heavy atom. The molecule has 2 unspecified atom stereocenters. The highest BCUT2D eigenvalue weighted by Crippen LogP contribution is 2.23. The molecular formula is C19H30N2O2. The number of nitrogens with one attached hydrogen (secondary N) is 1. The van der Waals surface area contributed by atoms with E-state index in [-0.39, 0.29) is 18.4 Å². The van der Waals surface area contributed by atoms with E-state index in [0.717, 1.165) is 38.9 Å². The van der Waals surface area contributed by atoms with Crippen molar-refractivity contribution in [1.29, 1.82) is 0 Å². The number of hydrogen-bond donors (Lipinski definition) is 2. The minimum atomic E-state index is 0.0429. The molecule has 1 aromatic rings. The van der Waals surface area contributed by atoms with Crippen molar-refractivity contribution < 1.29 is 9.90 Å². The number of hydrogen-bond acceptors (Lipinski definition) is 3. The highest BCUT2D eigenvalue weighted by Gasteiger charge is 2.30. The van der Waals surface area contributed by atoms with Gasteiger partial charge in [-0.1, -0.05) is 44.2 Å². The quantitative estimate of drug-likeness (QED) is 0.812. The number of carbonyl (C=O) groups is 1. The molecule has 2 N–H and O–H groups in total. The maximum atomic E-state index is 12.4. The van der Waals surface area contributed by atoms with Crippen LogP contribution < -0.4 is 5.32 Å². The van der Waals surface area contributed by atoms with Gasteiger partial charge in [0.15, 0.2) is 0 Å². The number of carbonyl (C=O) groups excluding carboxylic acids is 1. The predicted octanol–water partition coefficient (Wildman–Crippen LogP) is 2.42. The number of piperidine rings is 1. The second kappa shape index (κ2) is 9.04. The van der Waals surface area contributed by atoms with Crippen molar-refractivity contribution >= 4 is 5.91 Å². The lowest BCUT2D eigenvalue weighted by molar-refractivity contribution is -0.137. The maximum absolute atomic E-state index is 12.4. The highest BCUT2D eigenvalue weighted by atomic mass is 16.2. The van der Waals surface area contributed by atoms with Gasteiger partial charge >= 0.3 is 0 Å². The molecule has 0 saturated carbocycles. The first-order valence-electron chi connectivity index (χ1n) is 8.77. The molecule has 0 radical (unpaired) electrons. The fraction of sp³-hybridized carbons (Fsp3) is 0.632. The minimum Gasteiger partial charge on any atom is -0.396 e. The van der Waals surface area contributed by atoms with Gasteiger partial charge in [-0.05, 0) is 30.7 Å². The summed E-state index contributed by atoms with van der Waals surface area (Å²) < 4.78 is 0. The zero-order valence-corrected chi connectivity index (χ0v) is 14.4. The molecule has 128 valence electrons. The molecule has 1 aliphatic heterocycles. The third kappa shape index (κ3) is 5.63. The molecular weight excluding hydrogens is 288 g/mol. The van der Waals surface area contributed by atoms with Crippen LogP contribution in [0.2, 0.25) is 0 Å². The number of rotatable bonds is 7. The summed E-state index contributed by atoms with van der Waals surface area (Å²) in [6, 6.07) is 10.7. The Kier molecular flexibility index (Phi) is 7.06. The molecule has 1 saturated heterocycles. The standard InChI is InChI=1S/C19H30N2O2/c1-15(2)19(23)21-13-17(9-6-10-22)11-18(14-21)20-12-16-7-4-3-5-8-16/h3-5,7-8,15,17-18,20,22H,6,9-14H2,1-2H3. The fourth-order valence-electron chi connectivity index (χ4n) is 3.34. The molecule has 1 aromatic carbocycles. The number of likely N-dealkylation sites (tertiary alicyclic amines) is 1. The summed E-state index contributed by atoms with van der Waals surface area (Å²) in [5.74, 6) is 0.762. The van der Waals surface area contributed by atoms with E-state index in [9.17, 15) is 4.79 Å². The first kappa shape index (κ1) is 18.0. The lowest BCUT2D eigenvalue weighted by Crippen LogP contribution is -2.52. The summed E-state index contributed by atoms with van der Waals surface area (Å²) in [6.07, 6.45) is 2.89. The Morgan fingerprint density at radius 1 is 1.30 bits per heavy atom. The van der Waals surface area contributed by atoms with Gasteiger partial charge in [-0.15, -0.1) is 0 Å². The van der Waals surface area contributed by atoms with Crippen molar-refractivity contribution in [3.63, 3.8) is 0 Å². The Balaban J connectivity index is 1.94. The van der Waals surface area contributed by atoms with Crippen LogP contribution in [0.4, 0.5) is 0 Å². The van der Waals surface area contributed by atoms with E-state index in [1.54, 1.807) is 0 Å². The Morgan fingerprint density at radius 3 is 2.70 bits per heavy atom. The summed E-state index contributed by atoms with van der Waals surface area (Å²) >= 11 is 0. The van der Waals surface area contributed by atoms with E-state index in [0.29, 0.717) is 12.0 Å². The van der Waals surface area contributed by atoms with Crippen LogP contribution in [0, 0.1) is 11.8 Å². The van der Waals surface area contributed by atoms with Crippen LogP contribution in [0.15, 0.2) is 30.3 Å². The summed E-state index contributed by atoms with van der Waals surface area (Å²) in [5.41, 5.74) is 1.27. The van der Waals surface area contributed by atoms with Gasteiger partial charge < -0.3 is 15.3 Å². The van der Waals surface area contributed by atoms with Gasteiger partial charge in [-0.25, -0.2) is 0 Å². The number of aliphatic hydroxyl groups is 1. The molecule has 23 heavy (non-hydrogen) atoms. The highest BCUT2D eigenvalue weighted by molar-refractivity contribution is 5.78. The molecule has 0 bridgehead atoms. The smallest absolute Gasteiger partial charge is 0.225 e. The molecule has 0 aliphatic carbocycles. The van der Waals surface area contributed by atoms with E-state index in [1.807, 2.05) is 24.8 Å². The third-order valence-corrected chi connectivity index (χ3v) is 4.55. The average Bonchev–Trinajstić information content (AvgIpc) is 2.58. The zero-order valence-electron chi connectivity index (χ0n) is 14.4. The van der Waals surface area contributed by atoms with Gasteiger partial charge in [-0.3, -0.25) is 4.79 Å². The summed E-state index contributed by atoms with van der Waals surface area (Å²) in [7, 11) is 0. The number of aliphatic hydroxyl groups excluding tert-OH is 1. The van der Waals surface area contributed by atoms with Crippen LogP contribution in [-0.2, 0) is 11.3 Å². The van der Waals surface area contributed by atoms with Crippen molar-refractivity contribution in [3.8, 4) is 0 Å². The fourth-order valence-corrected chi connectivity index (χ4v) is 3.34. The minimum absolute atomic E-state index is 0.0429. The van der Waals surface area contributed by atoms with E-state index < -0.39 is 0 Å². The second-order valence-corrected chi connectivity index (χ2v) is 6.93. The van der Waals surface area contributed by atoms with Crippen LogP contribution in [0.5, 0.6) is 0 Å². The number of nitrogens with zero attached hydrogens (tertiary/aromatic N) is 1. The van der Waals surface area contributed by atoms with Gasteiger partial charge in [0.2, 0.25) is 5.91 Å². The van der Waals surface area contributed by atoms with Gasteiger partial charge in [0.25, 0.3) is 0 Å². The summed E-state index contributed by atoms with van der Waals surface area (Å²) in [6.45, 7) is 6.62. The molecule has 1 aliphatic rings. The lowest BCUT2D eigenvalue weighted by Gasteiger charge is -2.39. The summed E-state index contributed by atoms with van der Waals surface area (Å²) in [5, 5.41) is 12.7. The van der Waals surface area contributed by atoms with Gasteiger partial charge in [0.1, 0.15) is 0 Å². The largest absolute Gasteiger partial charge is 0.396 e. The van der Waals surface area contributed by atoms with Crippen LogP contribution in [0.1, 0.15) is 38.7 Å². The third-order valence-electron chi connectivity index (χ3n) is 4.55. The van der Waals surface area contributed by atoms with E-state index in [1.165, 1.54) is 5.56 Å².